The van der Waals surface area contributed by atoms with Crippen molar-refractivity contribution in [1.82, 2.24) is 15.5 Å². The van der Waals surface area contributed by atoms with E-state index in [1.807, 2.05) is 24.3 Å². The van der Waals surface area contributed by atoms with Crippen molar-refractivity contribution in [3.8, 4) is 11.5 Å². The predicted molar refractivity (Wildman–Crippen MR) is 133 cm³/mol. The van der Waals surface area contributed by atoms with Gasteiger partial charge in [0, 0.05) is 45.3 Å². The fourth-order valence-electron chi connectivity index (χ4n) is 3.63. The SMILES string of the molecule is CN=C(NCc1ccc(C)c(F)c1)NC1CCN(Cc2cc(OC)cc(OC)c2)C1.I. The number of hydrogen-bond acceptors (Lipinski definition) is 4. The molecule has 0 saturated carbocycles. The molecule has 1 heterocycles. The molecule has 3 rings (SSSR count). The Morgan fingerprint density at radius 3 is 2.45 bits per heavy atom. The van der Waals surface area contributed by atoms with Gasteiger partial charge in [0.1, 0.15) is 17.3 Å². The molecule has 6 nitrogen and oxygen atoms in total. The van der Waals surface area contributed by atoms with Gasteiger partial charge in [-0.2, -0.15) is 0 Å². The van der Waals surface area contributed by atoms with Gasteiger partial charge in [-0.25, -0.2) is 4.39 Å². The monoisotopic (exact) mass is 542 g/mol. The maximum absolute atomic E-state index is 13.7. The summed E-state index contributed by atoms with van der Waals surface area (Å²) in [4.78, 5) is 6.71. The number of nitrogens with one attached hydrogen (secondary N) is 2. The molecular formula is C23H32FIN4O2. The highest BCUT2D eigenvalue weighted by molar-refractivity contribution is 14.0. The van der Waals surface area contributed by atoms with Crippen molar-refractivity contribution in [3.05, 3.63) is 58.9 Å². The lowest BCUT2D eigenvalue weighted by Crippen LogP contribution is -2.44. The first-order valence-electron chi connectivity index (χ1n) is 10.2. The van der Waals surface area contributed by atoms with Crippen LogP contribution in [0.15, 0.2) is 41.4 Å². The molecule has 1 unspecified atom stereocenters. The molecule has 2 aromatic carbocycles. The van der Waals surface area contributed by atoms with Gasteiger partial charge in [-0.05, 0) is 48.2 Å². The van der Waals surface area contributed by atoms with Gasteiger partial charge in [-0.15, -0.1) is 24.0 Å². The second kappa shape index (κ2) is 12.1. The predicted octanol–water partition coefficient (Wildman–Crippen LogP) is 3.71. The summed E-state index contributed by atoms with van der Waals surface area (Å²) in [6.45, 7) is 5.04. The molecule has 31 heavy (non-hydrogen) atoms. The molecule has 1 saturated heterocycles. The van der Waals surface area contributed by atoms with Gasteiger partial charge in [0.25, 0.3) is 0 Å². The van der Waals surface area contributed by atoms with Crippen molar-refractivity contribution in [1.29, 1.82) is 0 Å². The summed E-state index contributed by atoms with van der Waals surface area (Å²) in [5.41, 5.74) is 2.71. The van der Waals surface area contributed by atoms with Crippen LogP contribution in [-0.2, 0) is 13.1 Å². The van der Waals surface area contributed by atoms with Crippen molar-refractivity contribution in [2.24, 2.45) is 4.99 Å². The molecule has 1 fully saturated rings. The average molecular weight is 542 g/mol. The molecule has 0 aliphatic carbocycles. The van der Waals surface area contributed by atoms with Gasteiger partial charge in [-0.1, -0.05) is 12.1 Å². The number of likely N-dealkylation sites (tertiary alicyclic amines) is 1. The van der Waals surface area contributed by atoms with Crippen LogP contribution in [0.4, 0.5) is 4.39 Å². The van der Waals surface area contributed by atoms with Crippen LogP contribution in [0.5, 0.6) is 11.5 Å². The van der Waals surface area contributed by atoms with Gasteiger partial charge >= 0.3 is 0 Å². The molecule has 8 heteroatoms. The molecule has 1 aliphatic rings. The third-order valence-corrected chi connectivity index (χ3v) is 5.35. The smallest absolute Gasteiger partial charge is 0.191 e. The van der Waals surface area contributed by atoms with Gasteiger partial charge in [0.05, 0.1) is 14.2 Å². The summed E-state index contributed by atoms with van der Waals surface area (Å²) >= 11 is 0. The van der Waals surface area contributed by atoms with E-state index in [9.17, 15) is 4.39 Å². The van der Waals surface area contributed by atoms with Crippen molar-refractivity contribution in [3.63, 3.8) is 0 Å². The summed E-state index contributed by atoms with van der Waals surface area (Å²) in [6, 6.07) is 11.6. The maximum atomic E-state index is 13.7. The fourth-order valence-corrected chi connectivity index (χ4v) is 3.63. The average Bonchev–Trinajstić information content (AvgIpc) is 3.19. The molecule has 170 valence electrons. The van der Waals surface area contributed by atoms with E-state index in [0.717, 1.165) is 54.6 Å². The first kappa shape index (κ1) is 25.2. The van der Waals surface area contributed by atoms with Gasteiger partial charge < -0.3 is 20.1 Å². The third kappa shape index (κ3) is 7.24. The second-order valence-electron chi connectivity index (χ2n) is 7.60. The lowest BCUT2D eigenvalue weighted by Gasteiger charge is -2.19. The summed E-state index contributed by atoms with van der Waals surface area (Å²) in [6.07, 6.45) is 1.03. The Bertz CT molecular complexity index is 872. The Kier molecular flexibility index (Phi) is 9.83. The van der Waals surface area contributed by atoms with Crippen molar-refractivity contribution < 1.29 is 13.9 Å². The lowest BCUT2D eigenvalue weighted by atomic mass is 10.1. The van der Waals surface area contributed by atoms with Crippen LogP contribution in [0, 0.1) is 12.7 Å². The number of ether oxygens (including phenoxy) is 2. The van der Waals surface area contributed by atoms with E-state index < -0.39 is 0 Å². The van der Waals surface area contributed by atoms with E-state index in [4.69, 9.17) is 9.47 Å². The van der Waals surface area contributed by atoms with Gasteiger partial charge in [0.2, 0.25) is 0 Å². The lowest BCUT2D eigenvalue weighted by molar-refractivity contribution is 0.321. The minimum absolute atomic E-state index is 0. The maximum Gasteiger partial charge on any atom is 0.191 e. The molecule has 0 amide bonds. The third-order valence-electron chi connectivity index (χ3n) is 5.35. The topological polar surface area (TPSA) is 58.1 Å². The minimum Gasteiger partial charge on any atom is -0.497 e. The molecule has 2 N–H and O–H groups in total. The van der Waals surface area contributed by atoms with Crippen LogP contribution in [0.25, 0.3) is 0 Å². The fraction of sp³-hybridized carbons (Fsp3) is 0.435. The molecule has 0 radical (unpaired) electrons. The standard InChI is InChI=1S/C23H31FN4O2.HI/c1-16-5-6-17(11-22(16)24)13-26-23(25-2)27-19-7-8-28(15-19)14-18-9-20(29-3)12-21(10-18)30-4;/h5-6,9-12,19H,7-8,13-15H2,1-4H3,(H2,25,26,27);1H. The minimum atomic E-state index is -0.183. The molecule has 2 aromatic rings. The first-order chi connectivity index (χ1) is 14.5. The summed E-state index contributed by atoms with van der Waals surface area (Å²) in [5.74, 6) is 2.15. The number of methoxy groups -OCH3 is 2. The van der Waals surface area contributed by atoms with Crippen LogP contribution in [-0.4, -0.2) is 51.3 Å². The Labute approximate surface area is 201 Å². The van der Waals surface area contributed by atoms with Gasteiger partial charge in [0.15, 0.2) is 5.96 Å². The Hall–Kier alpha value is -2.07. The molecule has 0 aromatic heterocycles. The summed E-state index contributed by atoms with van der Waals surface area (Å²) in [5, 5.41) is 6.75. The molecule has 0 spiro atoms. The highest BCUT2D eigenvalue weighted by Crippen LogP contribution is 2.24. The first-order valence-corrected chi connectivity index (χ1v) is 10.2. The number of aliphatic imine (C=N–C) groups is 1. The Morgan fingerprint density at radius 1 is 1.13 bits per heavy atom. The number of aryl methyl sites for hydroxylation is 1. The van der Waals surface area contributed by atoms with Crippen LogP contribution in [0.2, 0.25) is 0 Å². The normalized spacial score (nSPS) is 16.5. The summed E-state index contributed by atoms with van der Waals surface area (Å²) in [7, 11) is 5.08. The Morgan fingerprint density at radius 2 is 1.84 bits per heavy atom. The van der Waals surface area contributed by atoms with Crippen molar-refractivity contribution >= 4 is 29.9 Å². The van der Waals surface area contributed by atoms with E-state index in [0.29, 0.717) is 18.2 Å². The number of hydrogen-bond donors (Lipinski definition) is 2. The number of benzene rings is 2. The van der Waals surface area contributed by atoms with E-state index in [-0.39, 0.29) is 29.8 Å². The zero-order valence-corrected chi connectivity index (χ0v) is 20.9. The van der Waals surface area contributed by atoms with E-state index in [2.05, 4.69) is 20.5 Å². The quantitative estimate of drug-likeness (QED) is 0.318. The van der Waals surface area contributed by atoms with Crippen molar-refractivity contribution in [2.45, 2.75) is 32.5 Å². The van der Waals surface area contributed by atoms with Crippen LogP contribution < -0.4 is 20.1 Å². The number of halogens is 2. The number of rotatable bonds is 7. The van der Waals surface area contributed by atoms with Crippen LogP contribution in [0.1, 0.15) is 23.1 Å². The molecule has 1 aliphatic heterocycles. The number of nitrogens with zero attached hydrogens (tertiary/aromatic N) is 2. The molecular weight excluding hydrogens is 510 g/mol. The van der Waals surface area contributed by atoms with Crippen LogP contribution in [0.3, 0.4) is 0 Å². The Balaban J connectivity index is 0.00000341. The largest absolute Gasteiger partial charge is 0.497 e. The van der Waals surface area contributed by atoms with E-state index in [1.54, 1.807) is 40.3 Å². The number of guanidine groups is 1. The highest BCUT2D eigenvalue weighted by Gasteiger charge is 2.23. The highest BCUT2D eigenvalue weighted by atomic mass is 127. The van der Waals surface area contributed by atoms with Crippen LogP contribution >= 0.6 is 24.0 Å². The molecule has 0 bridgehead atoms. The zero-order chi connectivity index (χ0) is 21.5. The zero-order valence-electron chi connectivity index (χ0n) is 18.6. The summed E-state index contributed by atoms with van der Waals surface area (Å²) < 4.78 is 24.5. The van der Waals surface area contributed by atoms with E-state index >= 15 is 0 Å². The van der Waals surface area contributed by atoms with Gasteiger partial charge in [-0.3, -0.25) is 9.89 Å². The second-order valence-corrected chi connectivity index (χ2v) is 7.60. The van der Waals surface area contributed by atoms with Crippen molar-refractivity contribution in [2.75, 3.05) is 34.4 Å². The van der Waals surface area contributed by atoms with E-state index in [1.165, 1.54) is 0 Å². The molecule has 1 atom stereocenters.